The smallest absolute Gasteiger partial charge is 0.255 e. The first kappa shape index (κ1) is 15.5. The number of halogens is 1. The summed E-state index contributed by atoms with van der Waals surface area (Å²) in [5.41, 5.74) is 2.33. The van der Waals surface area contributed by atoms with Crippen molar-refractivity contribution in [3.63, 3.8) is 0 Å². The van der Waals surface area contributed by atoms with Crippen LogP contribution in [-0.4, -0.2) is 19.1 Å². The molecule has 1 heterocycles. The minimum atomic E-state index is -0.333. The van der Waals surface area contributed by atoms with Crippen molar-refractivity contribution in [3.05, 3.63) is 58.9 Å². The second-order valence-corrected chi connectivity index (χ2v) is 5.40. The molecule has 4 nitrogen and oxygen atoms in total. The number of fused-ring (bicyclic) bond motifs is 1. The van der Waals surface area contributed by atoms with Crippen molar-refractivity contribution in [2.45, 2.75) is 19.9 Å². The summed E-state index contributed by atoms with van der Waals surface area (Å²) in [5.74, 6) is 0.0423. The molecule has 0 spiro atoms. The zero-order valence-electron chi connectivity index (χ0n) is 13.0. The third-order valence-electron chi connectivity index (χ3n) is 3.88. The molecule has 0 atom stereocenters. The fraction of sp³-hybridized carbons (Fsp3) is 0.278. The lowest BCUT2D eigenvalue weighted by molar-refractivity contribution is 0.102. The Morgan fingerprint density at radius 2 is 2.04 bits per heavy atom. The van der Waals surface area contributed by atoms with Crippen LogP contribution in [0.15, 0.2) is 36.4 Å². The summed E-state index contributed by atoms with van der Waals surface area (Å²) in [5, 5.41) is 5.86. The number of anilines is 1. The molecule has 0 radical (unpaired) electrons. The zero-order valence-corrected chi connectivity index (χ0v) is 13.0. The van der Waals surface area contributed by atoms with Crippen LogP contribution in [0.25, 0.3) is 0 Å². The minimum absolute atomic E-state index is 0.226. The van der Waals surface area contributed by atoms with Crippen molar-refractivity contribution in [2.75, 3.05) is 18.5 Å². The summed E-state index contributed by atoms with van der Waals surface area (Å²) in [6.45, 7) is 3.88. The zero-order chi connectivity index (χ0) is 16.2. The molecule has 0 aromatic heterocycles. The van der Waals surface area contributed by atoms with Crippen molar-refractivity contribution < 1.29 is 13.9 Å². The van der Waals surface area contributed by atoms with Crippen LogP contribution in [0.1, 0.15) is 28.4 Å². The van der Waals surface area contributed by atoms with Crippen LogP contribution in [0.3, 0.4) is 0 Å². The quantitative estimate of drug-likeness (QED) is 0.911. The van der Waals surface area contributed by atoms with Crippen molar-refractivity contribution >= 4 is 11.6 Å². The lowest BCUT2D eigenvalue weighted by Crippen LogP contribution is -2.25. The van der Waals surface area contributed by atoms with Gasteiger partial charge < -0.3 is 15.4 Å². The highest BCUT2D eigenvalue weighted by atomic mass is 19.1. The Morgan fingerprint density at radius 3 is 2.78 bits per heavy atom. The van der Waals surface area contributed by atoms with Crippen LogP contribution in [0.5, 0.6) is 5.75 Å². The maximum absolute atomic E-state index is 14.5. The largest absolute Gasteiger partial charge is 0.494 e. The van der Waals surface area contributed by atoms with Crippen LogP contribution >= 0.6 is 0 Å². The lowest BCUT2D eigenvalue weighted by Gasteiger charge is -2.19. The van der Waals surface area contributed by atoms with Gasteiger partial charge in [0.1, 0.15) is 11.6 Å². The summed E-state index contributed by atoms with van der Waals surface area (Å²) in [4.78, 5) is 12.3. The van der Waals surface area contributed by atoms with Gasteiger partial charge >= 0.3 is 0 Å². The van der Waals surface area contributed by atoms with Gasteiger partial charge in [0.05, 0.1) is 12.3 Å². The molecule has 0 saturated heterocycles. The summed E-state index contributed by atoms with van der Waals surface area (Å²) in [6.07, 6.45) is 0.633. The van der Waals surface area contributed by atoms with Crippen LogP contribution in [0.2, 0.25) is 0 Å². The summed E-state index contributed by atoms with van der Waals surface area (Å²) < 4.78 is 19.9. The number of ether oxygens (including phenoxy) is 1. The van der Waals surface area contributed by atoms with Gasteiger partial charge in [-0.3, -0.25) is 4.79 Å². The molecule has 5 heteroatoms. The first-order valence-corrected chi connectivity index (χ1v) is 7.74. The van der Waals surface area contributed by atoms with Gasteiger partial charge in [0.25, 0.3) is 5.91 Å². The number of carbonyl (C=O) groups is 1. The second-order valence-electron chi connectivity index (χ2n) is 5.40. The van der Waals surface area contributed by atoms with E-state index in [0.29, 0.717) is 36.4 Å². The highest BCUT2D eigenvalue weighted by molar-refractivity contribution is 6.04. The lowest BCUT2D eigenvalue weighted by atomic mass is 9.99. The number of amides is 1. The van der Waals surface area contributed by atoms with Gasteiger partial charge in [-0.05, 0) is 61.3 Å². The normalized spacial score (nSPS) is 13.3. The standard InChI is InChI=1S/C18H19FN2O2/c1-2-23-14-6-3-12(4-7-14)18(22)21-16-8-5-13-11-20-10-9-15(13)17(16)19/h3-8,20H,2,9-11H2,1H3,(H,21,22). The summed E-state index contributed by atoms with van der Waals surface area (Å²) in [7, 11) is 0. The number of nitrogens with one attached hydrogen (secondary N) is 2. The molecule has 0 bridgehead atoms. The van der Waals surface area contributed by atoms with Gasteiger partial charge in [-0.2, -0.15) is 0 Å². The molecule has 0 unspecified atom stereocenters. The number of hydrogen-bond acceptors (Lipinski definition) is 3. The Morgan fingerprint density at radius 1 is 1.26 bits per heavy atom. The molecular formula is C18H19FN2O2. The Labute approximate surface area is 134 Å². The average molecular weight is 314 g/mol. The monoisotopic (exact) mass is 314 g/mol. The molecule has 120 valence electrons. The van der Waals surface area contributed by atoms with Gasteiger partial charge in [-0.1, -0.05) is 6.07 Å². The van der Waals surface area contributed by atoms with E-state index in [1.807, 2.05) is 13.0 Å². The molecule has 0 fully saturated rings. The van der Waals surface area contributed by atoms with Crippen molar-refractivity contribution in [2.24, 2.45) is 0 Å². The second kappa shape index (κ2) is 6.79. The Hall–Kier alpha value is -2.40. The predicted octanol–water partition coefficient (Wildman–Crippen LogP) is 3.12. The molecule has 2 aromatic carbocycles. The first-order valence-electron chi connectivity index (χ1n) is 7.74. The summed E-state index contributed by atoms with van der Waals surface area (Å²) >= 11 is 0. The fourth-order valence-corrected chi connectivity index (χ4v) is 2.69. The van der Waals surface area contributed by atoms with Crippen LogP contribution in [-0.2, 0) is 13.0 Å². The Kier molecular flexibility index (Phi) is 4.57. The van der Waals surface area contributed by atoms with E-state index in [4.69, 9.17) is 4.74 Å². The number of carbonyl (C=O) groups excluding carboxylic acids is 1. The van der Waals surface area contributed by atoms with Crippen molar-refractivity contribution in [3.8, 4) is 5.75 Å². The predicted molar refractivity (Wildman–Crippen MR) is 87.4 cm³/mol. The Balaban J connectivity index is 1.77. The number of benzene rings is 2. The van der Waals surface area contributed by atoms with E-state index in [2.05, 4.69) is 10.6 Å². The van der Waals surface area contributed by atoms with E-state index >= 15 is 0 Å². The van der Waals surface area contributed by atoms with Gasteiger partial charge in [0.15, 0.2) is 0 Å². The SMILES string of the molecule is CCOc1ccc(C(=O)Nc2ccc3c(c2F)CCNC3)cc1. The van der Waals surface area contributed by atoms with Crippen LogP contribution in [0.4, 0.5) is 10.1 Å². The summed E-state index contributed by atoms with van der Waals surface area (Å²) in [6, 6.07) is 10.3. The van der Waals surface area contributed by atoms with Gasteiger partial charge in [-0.25, -0.2) is 4.39 Å². The van der Waals surface area contributed by atoms with E-state index in [9.17, 15) is 9.18 Å². The molecule has 0 aliphatic carbocycles. The van der Waals surface area contributed by atoms with E-state index < -0.39 is 0 Å². The minimum Gasteiger partial charge on any atom is -0.494 e. The molecule has 3 rings (SSSR count). The third kappa shape index (κ3) is 3.35. The topological polar surface area (TPSA) is 50.4 Å². The van der Waals surface area contributed by atoms with Crippen molar-refractivity contribution in [1.29, 1.82) is 0 Å². The number of rotatable bonds is 4. The Bertz CT molecular complexity index is 714. The maximum atomic E-state index is 14.5. The van der Waals surface area contributed by atoms with E-state index in [1.54, 1.807) is 30.3 Å². The molecule has 1 aliphatic heterocycles. The van der Waals surface area contributed by atoms with Crippen LogP contribution < -0.4 is 15.4 Å². The van der Waals surface area contributed by atoms with E-state index in [1.165, 1.54) is 0 Å². The maximum Gasteiger partial charge on any atom is 0.255 e. The van der Waals surface area contributed by atoms with E-state index in [0.717, 1.165) is 12.1 Å². The fourth-order valence-electron chi connectivity index (χ4n) is 2.69. The first-order chi connectivity index (χ1) is 11.2. The molecule has 2 aromatic rings. The molecule has 23 heavy (non-hydrogen) atoms. The molecule has 0 saturated carbocycles. The van der Waals surface area contributed by atoms with E-state index in [-0.39, 0.29) is 17.4 Å². The highest BCUT2D eigenvalue weighted by Gasteiger charge is 2.18. The van der Waals surface area contributed by atoms with Crippen LogP contribution in [0, 0.1) is 5.82 Å². The highest BCUT2D eigenvalue weighted by Crippen LogP contribution is 2.25. The van der Waals surface area contributed by atoms with Gasteiger partial charge in [-0.15, -0.1) is 0 Å². The average Bonchev–Trinajstić information content (AvgIpc) is 2.58. The molecule has 1 amide bonds. The number of hydrogen-bond donors (Lipinski definition) is 2. The van der Waals surface area contributed by atoms with Crippen molar-refractivity contribution in [1.82, 2.24) is 5.32 Å². The molecule has 2 N–H and O–H groups in total. The van der Waals surface area contributed by atoms with Gasteiger partial charge in [0, 0.05) is 12.1 Å². The third-order valence-corrected chi connectivity index (χ3v) is 3.88. The molecular weight excluding hydrogens is 295 g/mol. The molecule has 1 aliphatic rings. The van der Waals surface area contributed by atoms with Gasteiger partial charge in [0.2, 0.25) is 0 Å².